The summed E-state index contributed by atoms with van der Waals surface area (Å²) in [7, 11) is 0. The molecule has 16 nitrogen and oxygen atoms in total. The van der Waals surface area contributed by atoms with Gasteiger partial charge in [-0.15, -0.1) is 0 Å². The summed E-state index contributed by atoms with van der Waals surface area (Å²) in [5.41, 5.74) is -2.40. The first-order valence-electron chi connectivity index (χ1n) is 14.5. The van der Waals surface area contributed by atoms with Crippen molar-refractivity contribution in [2.75, 3.05) is 6.61 Å². The van der Waals surface area contributed by atoms with Gasteiger partial charge in [0.05, 0.1) is 45.3 Å². The molecule has 4 unspecified atom stereocenters. The standard InChI is InChI=1S/C33H23N3O13/c37-30(19-10-4-1-5-11-19)46-26-18-45-29(34-24-16-22(35(41)42)23(36(43)44)17-25(24)47-33(34)40)28(49-32(39)21-14-8-3-9-15-21)27(26)48-31(38)20-12-6-2-7-13-20/h1-17,26-29H,18H2. The number of hydrogen-bond donors (Lipinski definition) is 0. The maximum atomic E-state index is 13.5. The number of oxazole rings is 1. The molecular weight excluding hydrogens is 646 g/mol. The van der Waals surface area contributed by atoms with Crippen LogP contribution in [0.2, 0.25) is 0 Å². The molecule has 0 saturated carbocycles. The van der Waals surface area contributed by atoms with Crippen molar-refractivity contribution in [2.45, 2.75) is 24.5 Å². The minimum atomic E-state index is -1.77. The number of nitro benzene ring substituents is 2. The molecule has 248 valence electrons. The predicted octanol–water partition coefficient (Wildman–Crippen LogP) is 4.62. The Morgan fingerprint density at radius 1 is 0.673 bits per heavy atom. The van der Waals surface area contributed by atoms with E-state index in [0.29, 0.717) is 6.07 Å². The first-order chi connectivity index (χ1) is 23.6. The van der Waals surface area contributed by atoms with Crippen molar-refractivity contribution in [1.82, 2.24) is 4.57 Å². The van der Waals surface area contributed by atoms with Crippen molar-refractivity contribution in [3.63, 3.8) is 0 Å². The maximum Gasteiger partial charge on any atom is 0.422 e. The van der Waals surface area contributed by atoms with E-state index >= 15 is 0 Å². The van der Waals surface area contributed by atoms with Crippen LogP contribution < -0.4 is 5.76 Å². The van der Waals surface area contributed by atoms with Crippen LogP contribution in [0.4, 0.5) is 11.4 Å². The van der Waals surface area contributed by atoms with Crippen LogP contribution in [0.5, 0.6) is 0 Å². The van der Waals surface area contributed by atoms with E-state index in [9.17, 15) is 39.4 Å². The molecule has 0 N–H and O–H groups in total. The Morgan fingerprint density at radius 3 is 1.61 bits per heavy atom. The van der Waals surface area contributed by atoms with Gasteiger partial charge in [0.2, 0.25) is 0 Å². The lowest BCUT2D eigenvalue weighted by Gasteiger charge is -2.40. The summed E-state index contributed by atoms with van der Waals surface area (Å²) in [6.45, 7) is -0.538. The molecule has 16 heteroatoms. The summed E-state index contributed by atoms with van der Waals surface area (Å²) in [6, 6.07) is 24.6. The summed E-state index contributed by atoms with van der Waals surface area (Å²) in [6.07, 6.45) is -6.55. The molecule has 1 aliphatic rings. The molecule has 1 fully saturated rings. The number of nitro groups is 2. The molecule has 49 heavy (non-hydrogen) atoms. The Morgan fingerprint density at radius 2 is 1.12 bits per heavy atom. The van der Waals surface area contributed by atoms with Gasteiger partial charge >= 0.3 is 35.0 Å². The monoisotopic (exact) mass is 669 g/mol. The fourth-order valence-electron chi connectivity index (χ4n) is 5.25. The van der Waals surface area contributed by atoms with Crippen molar-refractivity contribution in [3.05, 3.63) is 151 Å². The largest absolute Gasteiger partial charge is 0.452 e. The Labute approximate surface area is 274 Å². The lowest BCUT2D eigenvalue weighted by molar-refractivity contribution is -0.422. The Hall–Kier alpha value is -6.68. The second-order valence-electron chi connectivity index (χ2n) is 10.6. The number of carbonyl (C=O) groups excluding carboxylic acids is 3. The Balaban J connectivity index is 1.48. The van der Waals surface area contributed by atoms with Crippen LogP contribution in [0.1, 0.15) is 37.3 Å². The summed E-state index contributed by atoms with van der Waals surface area (Å²) >= 11 is 0. The molecule has 5 aromatic rings. The van der Waals surface area contributed by atoms with Crippen LogP contribution in [0.15, 0.2) is 112 Å². The molecule has 0 radical (unpaired) electrons. The molecule has 2 heterocycles. The van der Waals surface area contributed by atoms with Crippen molar-refractivity contribution < 1.29 is 47.6 Å². The van der Waals surface area contributed by atoms with Crippen LogP contribution in [0, 0.1) is 20.2 Å². The molecule has 0 bridgehead atoms. The third-order valence-corrected chi connectivity index (χ3v) is 7.53. The van der Waals surface area contributed by atoms with Gasteiger partial charge in [0.15, 0.2) is 30.1 Å². The van der Waals surface area contributed by atoms with Crippen molar-refractivity contribution >= 4 is 40.4 Å². The van der Waals surface area contributed by atoms with Gasteiger partial charge < -0.3 is 23.4 Å². The van der Waals surface area contributed by atoms with Gasteiger partial charge in [-0.05, 0) is 36.4 Å². The number of rotatable bonds is 9. The smallest absolute Gasteiger partial charge is 0.422 e. The Bertz CT molecular complexity index is 2110. The number of fused-ring (bicyclic) bond motifs is 1. The summed E-state index contributed by atoms with van der Waals surface area (Å²) in [5, 5.41) is 23.3. The molecule has 0 spiro atoms. The van der Waals surface area contributed by atoms with E-state index in [1.54, 1.807) is 54.6 Å². The topological polar surface area (TPSA) is 210 Å². The lowest BCUT2D eigenvalue weighted by atomic mass is 10.0. The zero-order valence-corrected chi connectivity index (χ0v) is 25.0. The minimum Gasteiger partial charge on any atom is -0.452 e. The molecule has 1 saturated heterocycles. The number of benzene rings is 4. The first kappa shape index (κ1) is 32.3. The van der Waals surface area contributed by atoms with Crippen LogP contribution in [-0.2, 0) is 18.9 Å². The third-order valence-electron chi connectivity index (χ3n) is 7.53. The summed E-state index contributed by atoms with van der Waals surface area (Å²) in [4.78, 5) is 74.8. The molecular formula is C33H23N3O13. The second-order valence-corrected chi connectivity index (χ2v) is 10.6. The first-order valence-corrected chi connectivity index (χ1v) is 14.5. The highest BCUT2D eigenvalue weighted by molar-refractivity contribution is 5.91. The predicted molar refractivity (Wildman–Crippen MR) is 166 cm³/mol. The molecule has 1 aromatic heterocycles. The zero-order chi connectivity index (χ0) is 34.7. The van der Waals surface area contributed by atoms with Gasteiger partial charge in [-0.25, -0.2) is 23.7 Å². The number of hydrogen-bond acceptors (Lipinski definition) is 13. The zero-order valence-electron chi connectivity index (χ0n) is 25.0. The summed E-state index contributed by atoms with van der Waals surface area (Å²) in [5.74, 6) is -3.92. The van der Waals surface area contributed by atoms with Crippen molar-refractivity contribution in [3.8, 4) is 0 Å². The van der Waals surface area contributed by atoms with E-state index in [-0.39, 0.29) is 22.2 Å². The summed E-state index contributed by atoms with van der Waals surface area (Å²) < 4.78 is 29.3. The van der Waals surface area contributed by atoms with Crippen molar-refractivity contribution in [1.29, 1.82) is 0 Å². The van der Waals surface area contributed by atoms with Crippen LogP contribution >= 0.6 is 0 Å². The quantitative estimate of drug-likeness (QED) is 0.0909. The molecule has 0 aliphatic carbocycles. The van der Waals surface area contributed by atoms with Crippen LogP contribution in [0.25, 0.3) is 11.1 Å². The van der Waals surface area contributed by atoms with Gasteiger partial charge in [-0.3, -0.25) is 20.2 Å². The normalized spacial score (nSPS) is 18.7. The van der Waals surface area contributed by atoms with Gasteiger partial charge in [0.1, 0.15) is 5.52 Å². The number of ether oxygens (including phenoxy) is 4. The van der Waals surface area contributed by atoms with Crippen molar-refractivity contribution in [2.24, 2.45) is 0 Å². The third kappa shape index (κ3) is 6.61. The minimum absolute atomic E-state index is 0.0495. The van der Waals surface area contributed by atoms with E-state index in [1.807, 2.05) is 0 Å². The number of carbonyl (C=O) groups is 3. The maximum absolute atomic E-state index is 13.5. The van der Waals surface area contributed by atoms with E-state index in [0.717, 1.165) is 10.6 Å². The van der Waals surface area contributed by atoms with E-state index in [1.165, 1.54) is 36.4 Å². The highest BCUT2D eigenvalue weighted by Gasteiger charge is 2.50. The number of esters is 3. The number of nitrogens with zero attached hydrogens (tertiary/aromatic N) is 3. The molecule has 4 atom stereocenters. The van der Waals surface area contributed by atoms with E-state index in [2.05, 4.69) is 0 Å². The van der Waals surface area contributed by atoms with Gasteiger partial charge in [-0.1, -0.05) is 54.6 Å². The second kappa shape index (κ2) is 13.6. The van der Waals surface area contributed by atoms with Gasteiger partial charge in [0, 0.05) is 0 Å². The Kier molecular flexibility index (Phi) is 8.95. The van der Waals surface area contributed by atoms with Crippen LogP contribution in [0.3, 0.4) is 0 Å². The molecule has 6 rings (SSSR count). The fourth-order valence-corrected chi connectivity index (χ4v) is 5.25. The van der Waals surface area contributed by atoms with Gasteiger partial charge in [-0.2, -0.15) is 0 Å². The average Bonchev–Trinajstić information content (AvgIpc) is 3.44. The molecule has 1 aliphatic heterocycles. The molecule has 4 aromatic carbocycles. The molecule has 0 amide bonds. The van der Waals surface area contributed by atoms with Gasteiger partial charge in [0.25, 0.3) is 0 Å². The highest BCUT2D eigenvalue weighted by Crippen LogP contribution is 2.37. The average molecular weight is 670 g/mol. The number of aromatic nitrogens is 1. The lowest BCUT2D eigenvalue weighted by Crippen LogP contribution is -2.56. The SMILES string of the molecule is O=C(OC1COC(n2c(=O)oc3cc([N+](=O)[O-])c([N+](=O)[O-])cc32)C(OC(=O)c2ccccc2)C1OC(=O)c1ccccc1)c1ccccc1. The fraction of sp³-hybridized carbons (Fsp3) is 0.152. The van der Waals surface area contributed by atoms with E-state index in [4.69, 9.17) is 23.4 Å². The van der Waals surface area contributed by atoms with Crippen LogP contribution in [-0.4, -0.2) is 57.2 Å². The van der Waals surface area contributed by atoms with E-state index < -0.39 is 81.6 Å². The highest BCUT2D eigenvalue weighted by atomic mass is 16.7.